The standard InChI is InChI=1S/C7H7F2N3O2/c8-7(9)14-4-2-1-3-11-5(4)6(13)12-10/h1-3,7H,10H2,(H,12,13). The number of amides is 1. The molecule has 1 amide bonds. The highest BCUT2D eigenvalue weighted by molar-refractivity contribution is 5.94. The molecule has 76 valence electrons. The largest absolute Gasteiger partial charge is 0.432 e. The van der Waals surface area contributed by atoms with Crippen molar-refractivity contribution >= 4 is 5.91 Å². The zero-order chi connectivity index (χ0) is 10.6. The molecule has 0 saturated carbocycles. The molecule has 0 bridgehead atoms. The van der Waals surface area contributed by atoms with Crippen LogP contribution in [0.1, 0.15) is 10.5 Å². The minimum absolute atomic E-state index is 0.282. The summed E-state index contributed by atoms with van der Waals surface area (Å²) in [4.78, 5) is 14.5. The summed E-state index contributed by atoms with van der Waals surface area (Å²) in [7, 11) is 0. The summed E-state index contributed by atoms with van der Waals surface area (Å²) in [6.45, 7) is -3.01. The fourth-order valence-corrected chi connectivity index (χ4v) is 0.821. The van der Waals surface area contributed by atoms with E-state index in [9.17, 15) is 13.6 Å². The molecule has 5 nitrogen and oxygen atoms in total. The SMILES string of the molecule is NNC(=O)c1ncccc1OC(F)F. The van der Waals surface area contributed by atoms with Crippen LogP contribution in [0.2, 0.25) is 0 Å². The van der Waals surface area contributed by atoms with Crippen LogP contribution < -0.4 is 16.0 Å². The number of ether oxygens (including phenoxy) is 1. The maximum Gasteiger partial charge on any atom is 0.387 e. The third kappa shape index (κ3) is 2.36. The Morgan fingerprint density at radius 1 is 1.64 bits per heavy atom. The molecule has 1 aromatic heterocycles. The minimum Gasteiger partial charge on any atom is -0.432 e. The van der Waals surface area contributed by atoms with Crippen molar-refractivity contribution in [1.82, 2.24) is 10.4 Å². The summed E-state index contributed by atoms with van der Waals surface area (Å²) >= 11 is 0. The lowest BCUT2D eigenvalue weighted by Crippen LogP contribution is -2.31. The van der Waals surface area contributed by atoms with Crippen molar-refractivity contribution in [2.24, 2.45) is 5.84 Å². The van der Waals surface area contributed by atoms with Gasteiger partial charge >= 0.3 is 6.61 Å². The van der Waals surface area contributed by atoms with E-state index < -0.39 is 12.5 Å². The third-order valence-electron chi connectivity index (χ3n) is 1.33. The predicted octanol–water partition coefficient (Wildman–Crippen LogP) is 0.286. The summed E-state index contributed by atoms with van der Waals surface area (Å²) < 4.78 is 27.8. The van der Waals surface area contributed by atoms with E-state index in [0.717, 1.165) is 0 Å². The van der Waals surface area contributed by atoms with E-state index in [1.165, 1.54) is 18.3 Å². The van der Waals surface area contributed by atoms with Crippen molar-refractivity contribution in [3.8, 4) is 5.75 Å². The van der Waals surface area contributed by atoms with Crippen LogP contribution in [0.4, 0.5) is 8.78 Å². The molecular weight excluding hydrogens is 196 g/mol. The van der Waals surface area contributed by atoms with Crippen LogP contribution in [0, 0.1) is 0 Å². The van der Waals surface area contributed by atoms with Crippen molar-refractivity contribution in [3.05, 3.63) is 24.0 Å². The molecule has 0 aromatic carbocycles. The molecule has 0 aliphatic carbocycles. The van der Waals surface area contributed by atoms with E-state index in [2.05, 4.69) is 9.72 Å². The van der Waals surface area contributed by atoms with E-state index >= 15 is 0 Å². The Balaban J connectivity index is 2.97. The van der Waals surface area contributed by atoms with Gasteiger partial charge in [0.1, 0.15) is 0 Å². The van der Waals surface area contributed by atoms with Crippen molar-refractivity contribution in [1.29, 1.82) is 0 Å². The number of nitrogens with zero attached hydrogens (tertiary/aromatic N) is 1. The highest BCUT2D eigenvalue weighted by atomic mass is 19.3. The highest BCUT2D eigenvalue weighted by Crippen LogP contribution is 2.17. The number of nitrogens with one attached hydrogen (secondary N) is 1. The molecule has 14 heavy (non-hydrogen) atoms. The number of alkyl halides is 2. The second kappa shape index (κ2) is 4.47. The molecule has 0 radical (unpaired) electrons. The molecule has 0 saturated heterocycles. The molecule has 0 spiro atoms. The van der Waals surface area contributed by atoms with Gasteiger partial charge in [-0.2, -0.15) is 8.78 Å². The second-order valence-corrected chi connectivity index (χ2v) is 2.20. The van der Waals surface area contributed by atoms with Crippen LogP contribution in [-0.2, 0) is 0 Å². The van der Waals surface area contributed by atoms with Crippen LogP contribution in [0.3, 0.4) is 0 Å². The Morgan fingerprint density at radius 3 is 2.93 bits per heavy atom. The van der Waals surface area contributed by atoms with Crippen LogP contribution in [0.5, 0.6) is 5.75 Å². The Hall–Kier alpha value is -1.76. The number of rotatable bonds is 3. The lowest BCUT2D eigenvalue weighted by Gasteiger charge is -2.07. The number of hydrogen-bond donors (Lipinski definition) is 2. The number of halogens is 2. The van der Waals surface area contributed by atoms with Crippen LogP contribution >= 0.6 is 0 Å². The molecule has 0 unspecified atom stereocenters. The summed E-state index contributed by atoms with van der Waals surface area (Å²) in [5, 5.41) is 0. The van der Waals surface area contributed by atoms with E-state index in [1.807, 2.05) is 0 Å². The number of nitrogens with two attached hydrogens (primary N) is 1. The van der Waals surface area contributed by atoms with Gasteiger partial charge in [-0.25, -0.2) is 10.8 Å². The van der Waals surface area contributed by atoms with Crippen molar-refractivity contribution in [2.75, 3.05) is 0 Å². The molecule has 0 fully saturated rings. The Labute approximate surface area is 77.8 Å². The van der Waals surface area contributed by atoms with Gasteiger partial charge < -0.3 is 4.74 Å². The van der Waals surface area contributed by atoms with Crippen molar-refractivity contribution in [3.63, 3.8) is 0 Å². The smallest absolute Gasteiger partial charge is 0.387 e. The van der Waals surface area contributed by atoms with Gasteiger partial charge in [0, 0.05) is 6.20 Å². The van der Waals surface area contributed by atoms with Crippen LogP contribution in [-0.4, -0.2) is 17.5 Å². The predicted molar refractivity (Wildman–Crippen MR) is 42.5 cm³/mol. The number of hydrogen-bond acceptors (Lipinski definition) is 4. The Bertz CT molecular complexity index is 332. The van der Waals surface area contributed by atoms with E-state index in [0.29, 0.717) is 0 Å². The van der Waals surface area contributed by atoms with Crippen molar-refractivity contribution < 1.29 is 18.3 Å². The summed E-state index contributed by atoms with van der Waals surface area (Å²) in [6, 6.07) is 2.56. The topological polar surface area (TPSA) is 77.2 Å². The average molecular weight is 203 g/mol. The number of aromatic nitrogens is 1. The quantitative estimate of drug-likeness (QED) is 0.420. The van der Waals surface area contributed by atoms with Gasteiger partial charge in [0.2, 0.25) is 0 Å². The fraction of sp³-hybridized carbons (Fsp3) is 0.143. The van der Waals surface area contributed by atoms with Gasteiger partial charge in [0.25, 0.3) is 5.91 Å². The lowest BCUT2D eigenvalue weighted by molar-refractivity contribution is -0.0504. The van der Waals surface area contributed by atoms with Crippen LogP contribution in [0.25, 0.3) is 0 Å². The molecule has 0 aliphatic rings. The van der Waals surface area contributed by atoms with Gasteiger partial charge in [-0.15, -0.1) is 0 Å². The Kier molecular flexibility index (Phi) is 3.29. The average Bonchev–Trinajstić information content (AvgIpc) is 2.16. The summed E-state index contributed by atoms with van der Waals surface area (Å²) in [5.74, 6) is 3.72. The molecule has 0 atom stereocenters. The van der Waals surface area contributed by atoms with E-state index in [1.54, 1.807) is 5.43 Å². The Morgan fingerprint density at radius 2 is 2.36 bits per heavy atom. The normalized spacial score (nSPS) is 10.0. The number of carbonyl (C=O) groups is 1. The molecule has 7 heteroatoms. The number of hydrazine groups is 1. The highest BCUT2D eigenvalue weighted by Gasteiger charge is 2.15. The third-order valence-corrected chi connectivity index (χ3v) is 1.33. The van der Waals surface area contributed by atoms with Gasteiger partial charge in [-0.1, -0.05) is 0 Å². The lowest BCUT2D eigenvalue weighted by atomic mass is 10.3. The van der Waals surface area contributed by atoms with Gasteiger partial charge in [-0.05, 0) is 12.1 Å². The zero-order valence-corrected chi connectivity index (χ0v) is 6.91. The summed E-state index contributed by atoms with van der Waals surface area (Å²) in [5.41, 5.74) is 1.49. The number of nitrogen functional groups attached to an aromatic ring is 1. The monoisotopic (exact) mass is 203 g/mol. The minimum atomic E-state index is -3.01. The first-order valence-corrected chi connectivity index (χ1v) is 3.56. The number of pyridine rings is 1. The molecular formula is C7H7F2N3O2. The van der Waals surface area contributed by atoms with Gasteiger partial charge in [0.05, 0.1) is 0 Å². The summed E-state index contributed by atoms with van der Waals surface area (Å²) in [6.07, 6.45) is 1.27. The maximum absolute atomic E-state index is 11.9. The van der Waals surface area contributed by atoms with Gasteiger partial charge in [0.15, 0.2) is 11.4 Å². The second-order valence-electron chi connectivity index (χ2n) is 2.20. The van der Waals surface area contributed by atoms with Gasteiger partial charge in [-0.3, -0.25) is 10.2 Å². The fourth-order valence-electron chi connectivity index (χ4n) is 0.821. The molecule has 1 heterocycles. The maximum atomic E-state index is 11.9. The first-order valence-electron chi connectivity index (χ1n) is 3.56. The molecule has 1 aromatic rings. The first-order chi connectivity index (χ1) is 6.65. The molecule has 3 N–H and O–H groups in total. The van der Waals surface area contributed by atoms with E-state index in [4.69, 9.17) is 5.84 Å². The van der Waals surface area contributed by atoms with E-state index in [-0.39, 0.29) is 11.4 Å². The zero-order valence-electron chi connectivity index (χ0n) is 6.91. The van der Waals surface area contributed by atoms with Crippen LogP contribution in [0.15, 0.2) is 18.3 Å². The molecule has 1 rings (SSSR count). The number of carbonyl (C=O) groups excluding carboxylic acids is 1. The first kappa shape index (κ1) is 10.3. The molecule has 0 aliphatic heterocycles. The van der Waals surface area contributed by atoms with Crippen molar-refractivity contribution in [2.45, 2.75) is 6.61 Å².